The molecule has 8 heteroatoms. The van der Waals surface area contributed by atoms with Gasteiger partial charge in [-0.3, -0.25) is 4.98 Å². The number of nitrogens with zero attached hydrogens (tertiary/aromatic N) is 5. The zero-order valence-electron chi connectivity index (χ0n) is 17.4. The third kappa shape index (κ3) is 3.97. The topological polar surface area (TPSA) is 69.6 Å². The second kappa shape index (κ2) is 8.57. The molecule has 0 spiro atoms. The van der Waals surface area contributed by atoms with Gasteiger partial charge in [0.05, 0.1) is 22.1 Å². The molecule has 0 aliphatic carbocycles. The molecule has 1 saturated heterocycles. The molecule has 0 amide bonds. The lowest BCUT2D eigenvalue weighted by Gasteiger charge is -2.36. The number of rotatable bonds is 6. The van der Waals surface area contributed by atoms with Gasteiger partial charge in [0.1, 0.15) is 5.82 Å². The molecule has 1 aliphatic heterocycles. The molecule has 0 atom stereocenters. The molecule has 0 saturated carbocycles. The van der Waals surface area contributed by atoms with E-state index in [1.54, 1.807) is 24.4 Å². The minimum atomic E-state index is -3.51. The van der Waals surface area contributed by atoms with Gasteiger partial charge in [-0.2, -0.15) is 4.31 Å². The highest BCUT2D eigenvalue weighted by atomic mass is 32.2. The molecule has 0 N–H and O–H groups in total. The zero-order chi connectivity index (χ0) is 21.1. The van der Waals surface area contributed by atoms with Crippen LogP contribution < -0.4 is 9.80 Å². The van der Waals surface area contributed by atoms with Gasteiger partial charge in [0, 0.05) is 45.0 Å². The summed E-state index contributed by atoms with van der Waals surface area (Å²) < 4.78 is 27.0. The van der Waals surface area contributed by atoms with E-state index in [0.29, 0.717) is 24.1 Å². The van der Waals surface area contributed by atoms with E-state index in [9.17, 15) is 8.42 Å². The molecular weight excluding hydrogens is 398 g/mol. The van der Waals surface area contributed by atoms with Crippen LogP contribution in [-0.2, 0) is 10.0 Å². The Balaban J connectivity index is 1.52. The third-order valence-corrected chi connectivity index (χ3v) is 7.62. The van der Waals surface area contributed by atoms with Crippen LogP contribution >= 0.6 is 0 Å². The predicted octanol–water partition coefficient (Wildman–Crippen LogP) is 2.99. The quantitative estimate of drug-likeness (QED) is 0.605. The number of fused-ring (bicyclic) bond motifs is 1. The van der Waals surface area contributed by atoms with Crippen molar-refractivity contribution in [2.45, 2.75) is 18.7 Å². The Kier molecular flexibility index (Phi) is 5.87. The SMILES string of the molecule is CCN(CC)S(=O)(=O)c1ccc2nc(N3CCN(c4ccccc4)CC3)cnc2c1. The molecule has 1 aromatic heterocycles. The second-order valence-corrected chi connectivity index (χ2v) is 9.22. The van der Waals surface area contributed by atoms with Gasteiger partial charge in [0.2, 0.25) is 10.0 Å². The maximum Gasteiger partial charge on any atom is 0.243 e. The molecule has 2 aromatic carbocycles. The summed E-state index contributed by atoms with van der Waals surface area (Å²) >= 11 is 0. The molecule has 1 fully saturated rings. The van der Waals surface area contributed by atoms with Crippen LogP contribution in [0.4, 0.5) is 11.5 Å². The molecular formula is C22H27N5O2S. The number of benzene rings is 2. The highest BCUT2D eigenvalue weighted by Crippen LogP contribution is 2.23. The Labute approximate surface area is 178 Å². The summed E-state index contributed by atoms with van der Waals surface area (Å²) in [5, 5.41) is 0. The molecule has 7 nitrogen and oxygen atoms in total. The van der Waals surface area contributed by atoms with Crippen molar-refractivity contribution < 1.29 is 8.42 Å². The Morgan fingerprint density at radius 1 is 0.900 bits per heavy atom. The Morgan fingerprint density at radius 3 is 2.23 bits per heavy atom. The van der Waals surface area contributed by atoms with Crippen molar-refractivity contribution >= 4 is 32.6 Å². The average Bonchev–Trinajstić information content (AvgIpc) is 2.79. The average molecular weight is 426 g/mol. The van der Waals surface area contributed by atoms with Gasteiger partial charge in [-0.15, -0.1) is 0 Å². The van der Waals surface area contributed by atoms with Gasteiger partial charge in [-0.05, 0) is 30.3 Å². The monoisotopic (exact) mass is 425 g/mol. The first kappa shape index (κ1) is 20.6. The predicted molar refractivity (Wildman–Crippen MR) is 121 cm³/mol. The van der Waals surface area contributed by atoms with E-state index in [-0.39, 0.29) is 4.90 Å². The highest BCUT2D eigenvalue weighted by molar-refractivity contribution is 7.89. The molecule has 0 bridgehead atoms. The molecule has 4 rings (SSSR count). The summed E-state index contributed by atoms with van der Waals surface area (Å²) in [6.07, 6.45) is 1.74. The Morgan fingerprint density at radius 2 is 1.57 bits per heavy atom. The molecule has 0 unspecified atom stereocenters. The number of anilines is 2. The van der Waals surface area contributed by atoms with Gasteiger partial charge in [0.15, 0.2) is 0 Å². The smallest absolute Gasteiger partial charge is 0.243 e. The fourth-order valence-electron chi connectivity index (χ4n) is 3.84. The number of hydrogen-bond acceptors (Lipinski definition) is 6. The second-order valence-electron chi connectivity index (χ2n) is 7.28. The van der Waals surface area contributed by atoms with Gasteiger partial charge < -0.3 is 9.80 Å². The van der Waals surface area contributed by atoms with E-state index in [2.05, 4.69) is 39.0 Å². The van der Waals surface area contributed by atoms with Crippen LogP contribution in [0.1, 0.15) is 13.8 Å². The van der Waals surface area contributed by atoms with Crippen LogP contribution in [0.2, 0.25) is 0 Å². The van der Waals surface area contributed by atoms with E-state index in [1.165, 1.54) is 9.99 Å². The maximum atomic E-state index is 12.8. The van der Waals surface area contributed by atoms with E-state index in [0.717, 1.165) is 32.0 Å². The van der Waals surface area contributed by atoms with Crippen molar-refractivity contribution in [3.63, 3.8) is 0 Å². The van der Waals surface area contributed by atoms with Crippen molar-refractivity contribution in [3.05, 3.63) is 54.7 Å². The van der Waals surface area contributed by atoms with Gasteiger partial charge in [0.25, 0.3) is 0 Å². The lowest BCUT2D eigenvalue weighted by atomic mass is 10.2. The van der Waals surface area contributed by atoms with Crippen molar-refractivity contribution in [1.82, 2.24) is 14.3 Å². The highest BCUT2D eigenvalue weighted by Gasteiger charge is 2.23. The summed E-state index contributed by atoms with van der Waals surface area (Å²) in [7, 11) is -3.51. The number of piperazine rings is 1. The summed E-state index contributed by atoms with van der Waals surface area (Å²) in [6.45, 7) is 8.13. The number of aromatic nitrogens is 2. The lowest BCUT2D eigenvalue weighted by molar-refractivity contribution is 0.445. The summed E-state index contributed by atoms with van der Waals surface area (Å²) in [5.74, 6) is 0.828. The normalized spacial score (nSPS) is 15.2. The minimum absolute atomic E-state index is 0.261. The lowest BCUT2D eigenvalue weighted by Crippen LogP contribution is -2.46. The van der Waals surface area contributed by atoms with Crippen LogP contribution in [0.3, 0.4) is 0 Å². The Hall–Kier alpha value is -2.71. The first-order valence-corrected chi connectivity index (χ1v) is 11.8. The van der Waals surface area contributed by atoms with Crippen molar-refractivity contribution in [2.75, 3.05) is 49.1 Å². The Bertz CT molecular complexity index is 1110. The maximum absolute atomic E-state index is 12.8. The molecule has 3 aromatic rings. The van der Waals surface area contributed by atoms with E-state index in [4.69, 9.17) is 4.98 Å². The van der Waals surface area contributed by atoms with Gasteiger partial charge in [-0.25, -0.2) is 13.4 Å². The van der Waals surface area contributed by atoms with Gasteiger partial charge in [-0.1, -0.05) is 32.0 Å². The van der Waals surface area contributed by atoms with Crippen molar-refractivity contribution in [3.8, 4) is 0 Å². The first-order valence-electron chi connectivity index (χ1n) is 10.3. The third-order valence-electron chi connectivity index (χ3n) is 5.57. The molecule has 1 aliphatic rings. The fraction of sp³-hybridized carbons (Fsp3) is 0.364. The molecule has 30 heavy (non-hydrogen) atoms. The fourth-order valence-corrected chi connectivity index (χ4v) is 5.32. The van der Waals surface area contributed by atoms with E-state index >= 15 is 0 Å². The van der Waals surface area contributed by atoms with Crippen LogP contribution in [-0.4, -0.2) is 62.0 Å². The largest absolute Gasteiger partial charge is 0.368 e. The van der Waals surface area contributed by atoms with E-state index in [1.807, 2.05) is 19.9 Å². The molecule has 0 radical (unpaired) electrons. The molecule has 158 valence electrons. The number of hydrogen-bond donors (Lipinski definition) is 0. The molecule has 2 heterocycles. The first-order chi connectivity index (χ1) is 14.5. The zero-order valence-corrected chi connectivity index (χ0v) is 18.2. The number of para-hydroxylation sites is 1. The summed E-state index contributed by atoms with van der Waals surface area (Å²) in [4.78, 5) is 14.1. The van der Waals surface area contributed by atoms with Crippen LogP contribution in [0, 0.1) is 0 Å². The summed E-state index contributed by atoms with van der Waals surface area (Å²) in [6, 6.07) is 15.4. The van der Waals surface area contributed by atoms with Crippen molar-refractivity contribution in [1.29, 1.82) is 0 Å². The van der Waals surface area contributed by atoms with Crippen LogP contribution in [0.15, 0.2) is 59.6 Å². The summed E-state index contributed by atoms with van der Waals surface area (Å²) in [5.41, 5.74) is 2.54. The van der Waals surface area contributed by atoms with Gasteiger partial charge >= 0.3 is 0 Å². The van der Waals surface area contributed by atoms with Crippen LogP contribution in [0.5, 0.6) is 0 Å². The van der Waals surface area contributed by atoms with E-state index < -0.39 is 10.0 Å². The number of sulfonamides is 1. The minimum Gasteiger partial charge on any atom is -0.368 e. The van der Waals surface area contributed by atoms with Crippen LogP contribution in [0.25, 0.3) is 11.0 Å². The van der Waals surface area contributed by atoms with Crippen molar-refractivity contribution in [2.24, 2.45) is 0 Å². The standard InChI is InChI=1S/C22H27N5O2S/c1-3-27(4-2)30(28,29)19-10-11-20-21(16-19)23-17-22(24-20)26-14-12-25(13-15-26)18-8-6-5-7-9-18/h5-11,16-17H,3-4,12-15H2,1-2H3.